The zero-order valence-electron chi connectivity index (χ0n) is 14.8. The molecule has 1 heterocycles. The van der Waals surface area contributed by atoms with Crippen molar-refractivity contribution in [3.8, 4) is 0 Å². The Hall–Kier alpha value is -2.89. The Labute approximate surface area is 164 Å². The number of morpholine rings is 1. The standard InChI is InChI=1S/C18H12F8N2O2/c19-8-1-2-9(10(7-8)28-3-5-30-6-4-28)17(29)27-16-14(22)12(20)11(18(24,25)26)13(21)15(16)23/h1-2,7H,3-6H2,(H,27,29). The molecule has 0 unspecified atom stereocenters. The molecule has 1 fully saturated rings. The number of carbonyl (C=O) groups is 1. The number of hydrogen-bond donors (Lipinski definition) is 1. The fraction of sp³-hybridized carbons (Fsp3) is 0.278. The number of amides is 1. The molecule has 12 heteroatoms. The SMILES string of the molecule is O=C(Nc1c(F)c(F)c(C(F)(F)F)c(F)c1F)c1ccc(F)cc1N1CCOCC1. The molecule has 0 aromatic heterocycles. The third-order valence-corrected chi connectivity index (χ3v) is 4.34. The Bertz CT molecular complexity index is 958. The first-order valence-electron chi connectivity index (χ1n) is 8.39. The minimum absolute atomic E-state index is 0.00414. The molecule has 1 N–H and O–H groups in total. The highest BCUT2D eigenvalue weighted by Gasteiger charge is 2.42. The molecule has 2 aromatic carbocycles. The van der Waals surface area contributed by atoms with Crippen LogP contribution in [0, 0.1) is 29.1 Å². The van der Waals surface area contributed by atoms with Crippen molar-refractivity contribution in [2.45, 2.75) is 6.18 Å². The first-order valence-corrected chi connectivity index (χ1v) is 8.39. The lowest BCUT2D eigenvalue weighted by Crippen LogP contribution is -2.37. The molecule has 1 aliphatic heterocycles. The van der Waals surface area contributed by atoms with E-state index in [0.717, 1.165) is 18.2 Å². The lowest BCUT2D eigenvalue weighted by atomic mass is 10.1. The third-order valence-electron chi connectivity index (χ3n) is 4.34. The molecule has 3 rings (SSSR count). The minimum atomic E-state index is -5.71. The van der Waals surface area contributed by atoms with Gasteiger partial charge in [-0.3, -0.25) is 4.79 Å². The number of ether oxygens (including phenoxy) is 1. The van der Waals surface area contributed by atoms with E-state index in [1.54, 1.807) is 0 Å². The van der Waals surface area contributed by atoms with Crippen LogP contribution in [0.3, 0.4) is 0 Å². The summed E-state index contributed by atoms with van der Waals surface area (Å²) in [6.07, 6.45) is -5.71. The molecule has 0 aliphatic carbocycles. The highest BCUT2D eigenvalue weighted by atomic mass is 19.4. The molecule has 0 spiro atoms. The van der Waals surface area contributed by atoms with Gasteiger partial charge in [0.1, 0.15) is 17.1 Å². The highest BCUT2D eigenvalue weighted by Crippen LogP contribution is 2.38. The van der Waals surface area contributed by atoms with Gasteiger partial charge < -0.3 is 15.0 Å². The Balaban J connectivity index is 2.02. The average Bonchev–Trinajstić information content (AvgIpc) is 2.69. The first-order chi connectivity index (χ1) is 14.0. The Morgan fingerprint density at radius 2 is 1.50 bits per heavy atom. The second-order valence-corrected chi connectivity index (χ2v) is 6.22. The zero-order valence-corrected chi connectivity index (χ0v) is 14.8. The van der Waals surface area contributed by atoms with Crippen LogP contribution in [0.5, 0.6) is 0 Å². The van der Waals surface area contributed by atoms with Gasteiger partial charge in [-0.25, -0.2) is 22.0 Å². The van der Waals surface area contributed by atoms with Crippen LogP contribution in [0.25, 0.3) is 0 Å². The number of nitrogens with zero attached hydrogens (tertiary/aromatic N) is 1. The molecule has 1 aliphatic rings. The molecule has 1 amide bonds. The van der Waals surface area contributed by atoms with Crippen molar-refractivity contribution >= 4 is 17.3 Å². The summed E-state index contributed by atoms with van der Waals surface area (Å²) in [4.78, 5) is 14.0. The number of rotatable bonds is 3. The minimum Gasteiger partial charge on any atom is -0.378 e. The summed E-state index contributed by atoms with van der Waals surface area (Å²) in [5.74, 6) is -12.3. The molecule has 0 radical (unpaired) electrons. The second-order valence-electron chi connectivity index (χ2n) is 6.22. The van der Waals surface area contributed by atoms with Gasteiger partial charge in [0.15, 0.2) is 23.3 Å². The first kappa shape index (κ1) is 21.8. The topological polar surface area (TPSA) is 41.6 Å². The van der Waals surface area contributed by atoms with Gasteiger partial charge in [-0.05, 0) is 18.2 Å². The largest absolute Gasteiger partial charge is 0.422 e. The van der Waals surface area contributed by atoms with E-state index in [4.69, 9.17) is 4.74 Å². The van der Waals surface area contributed by atoms with Crippen LogP contribution < -0.4 is 10.2 Å². The van der Waals surface area contributed by atoms with E-state index in [1.807, 2.05) is 0 Å². The molecular formula is C18H12F8N2O2. The predicted molar refractivity (Wildman–Crippen MR) is 88.7 cm³/mol. The van der Waals surface area contributed by atoms with Gasteiger partial charge in [0.2, 0.25) is 0 Å². The fourth-order valence-electron chi connectivity index (χ4n) is 2.93. The van der Waals surface area contributed by atoms with E-state index < -0.39 is 52.4 Å². The van der Waals surface area contributed by atoms with E-state index in [2.05, 4.69) is 0 Å². The summed E-state index contributed by atoms with van der Waals surface area (Å²) >= 11 is 0. The summed E-state index contributed by atoms with van der Waals surface area (Å²) < 4.78 is 112. The maximum absolute atomic E-state index is 14.0. The Morgan fingerprint density at radius 1 is 0.933 bits per heavy atom. The Morgan fingerprint density at radius 3 is 2.03 bits per heavy atom. The monoisotopic (exact) mass is 440 g/mol. The molecule has 162 valence electrons. The lowest BCUT2D eigenvalue weighted by Gasteiger charge is -2.30. The van der Waals surface area contributed by atoms with Crippen molar-refractivity contribution in [1.82, 2.24) is 0 Å². The molecule has 0 saturated carbocycles. The number of anilines is 2. The average molecular weight is 440 g/mol. The van der Waals surface area contributed by atoms with Crippen LogP contribution >= 0.6 is 0 Å². The summed E-state index contributed by atoms with van der Waals surface area (Å²) in [7, 11) is 0. The molecule has 0 bridgehead atoms. The Kier molecular flexibility index (Phi) is 5.88. The lowest BCUT2D eigenvalue weighted by molar-refractivity contribution is -0.143. The highest BCUT2D eigenvalue weighted by molar-refractivity contribution is 6.08. The van der Waals surface area contributed by atoms with Crippen molar-refractivity contribution in [2.75, 3.05) is 36.5 Å². The molecule has 0 atom stereocenters. The van der Waals surface area contributed by atoms with E-state index in [9.17, 15) is 39.9 Å². The van der Waals surface area contributed by atoms with Gasteiger partial charge in [-0.1, -0.05) is 0 Å². The number of halogens is 8. The molecule has 30 heavy (non-hydrogen) atoms. The molecular weight excluding hydrogens is 428 g/mol. The number of nitrogens with one attached hydrogen (secondary N) is 1. The van der Waals surface area contributed by atoms with Crippen molar-refractivity contribution in [3.63, 3.8) is 0 Å². The number of carbonyl (C=O) groups excluding carboxylic acids is 1. The van der Waals surface area contributed by atoms with E-state index in [1.165, 1.54) is 10.2 Å². The summed E-state index contributed by atoms with van der Waals surface area (Å²) in [5, 5.41) is 1.54. The van der Waals surface area contributed by atoms with Crippen molar-refractivity contribution in [3.05, 3.63) is 58.4 Å². The van der Waals surface area contributed by atoms with Crippen LogP contribution in [0.2, 0.25) is 0 Å². The maximum Gasteiger partial charge on any atom is 0.422 e. The van der Waals surface area contributed by atoms with E-state index >= 15 is 0 Å². The maximum atomic E-state index is 14.0. The van der Waals surface area contributed by atoms with Crippen molar-refractivity contribution in [2.24, 2.45) is 0 Å². The quantitative estimate of drug-likeness (QED) is 0.565. The summed E-state index contributed by atoms with van der Waals surface area (Å²) in [5.41, 5.74) is -4.81. The van der Waals surface area contributed by atoms with Crippen molar-refractivity contribution < 1.29 is 44.7 Å². The number of hydrogen-bond acceptors (Lipinski definition) is 3. The van der Waals surface area contributed by atoms with Gasteiger partial charge in [0, 0.05) is 13.1 Å². The number of alkyl halides is 3. The van der Waals surface area contributed by atoms with Crippen LogP contribution in [0.15, 0.2) is 18.2 Å². The van der Waals surface area contributed by atoms with E-state index in [-0.39, 0.29) is 37.6 Å². The predicted octanol–water partition coefficient (Wildman–Crippen LogP) is 4.49. The molecule has 2 aromatic rings. The molecule has 1 saturated heterocycles. The van der Waals surface area contributed by atoms with Gasteiger partial charge >= 0.3 is 6.18 Å². The van der Waals surface area contributed by atoms with Crippen LogP contribution in [0.1, 0.15) is 15.9 Å². The van der Waals surface area contributed by atoms with Crippen LogP contribution in [-0.4, -0.2) is 32.2 Å². The number of benzene rings is 2. The summed E-state index contributed by atoms with van der Waals surface area (Å²) in [6, 6.07) is 2.78. The fourth-order valence-corrected chi connectivity index (χ4v) is 2.93. The van der Waals surface area contributed by atoms with Gasteiger partial charge in [0.05, 0.1) is 24.5 Å². The normalized spacial score (nSPS) is 14.7. The zero-order chi connectivity index (χ0) is 22.2. The van der Waals surface area contributed by atoms with Crippen LogP contribution in [0.4, 0.5) is 46.5 Å². The van der Waals surface area contributed by atoms with Gasteiger partial charge in [-0.2, -0.15) is 13.2 Å². The summed E-state index contributed by atoms with van der Waals surface area (Å²) in [6.45, 7) is 0.984. The van der Waals surface area contributed by atoms with Gasteiger partial charge in [-0.15, -0.1) is 0 Å². The van der Waals surface area contributed by atoms with Crippen LogP contribution in [-0.2, 0) is 10.9 Å². The smallest absolute Gasteiger partial charge is 0.378 e. The second kappa shape index (κ2) is 8.09. The molecule has 4 nitrogen and oxygen atoms in total. The third kappa shape index (κ3) is 4.04. The van der Waals surface area contributed by atoms with Crippen molar-refractivity contribution in [1.29, 1.82) is 0 Å². The van der Waals surface area contributed by atoms with E-state index in [0.29, 0.717) is 0 Å². The van der Waals surface area contributed by atoms with Gasteiger partial charge in [0.25, 0.3) is 5.91 Å².